The van der Waals surface area contributed by atoms with E-state index in [1.54, 1.807) is 91.9 Å². The molecule has 0 aromatic heterocycles. The molecule has 0 unspecified atom stereocenters. The molecule has 0 bridgehead atoms. The van der Waals surface area contributed by atoms with Crippen molar-refractivity contribution in [2.45, 2.75) is 42.3 Å². The average Bonchev–Trinajstić information content (AvgIpc) is 3.24. The maximum atomic E-state index is 13.8. The van der Waals surface area contributed by atoms with Crippen molar-refractivity contribution < 1.29 is 51.3 Å². The third-order valence-electron chi connectivity index (χ3n) is 8.70. The van der Waals surface area contributed by atoms with Gasteiger partial charge in [0.15, 0.2) is 30.3 Å². The molecule has 1 aliphatic rings. The molecule has 3 N–H and O–H groups in total. The Morgan fingerprint density at radius 2 is 1.00 bits per heavy atom. The first-order valence-electron chi connectivity index (χ1n) is 17.6. The van der Waals surface area contributed by atoms with Gasteiger partial charge in [0.1, 0.15) is 12.7 Å². The summed E-state index contributed by atoms with van der Waals surface area (Å²) in [5, 5.41) is 3.92. The second kappa shape index (κ2) is 18.2. The Balaban J connectivity index is 1.44. The molecule has 15 heteroatoms. The molecule has 1 aliphatic heterocycles. The number of sulfonamides is 1. The highest BCUT2D eigenvalue weighted by Crippen LogP contribution is 2.31. The number of carbonyl (C=O) groups is 4. The summed E-state index contributed by atoms with van der Waals surface area (Å²) >= 11 is 0. The maximum Gasteiger partial charge on any atom is 0.338 e. The van der Waals surface area contributed by atoms with Gasteiger partial charge in [-0.15, -0.1) is 5.10 Å². The number of nitrogens with zero attached hydrogens (tertiary/aromatic N) is 1. The minimum absolute atomic E-state index is 0.0803. The van der Waals surface area contributed by atoms with Gasteiger partial charge in [0, 0.05) is 0 Å². The molecule has 1 heterocycles. The fraction of sp³-hybridized carbons (Fsp3) is 0.167. The molecule has 0 amide bonds. The molecule has 5 atom stereocenters. The molecule has 14 nitrogen and oxygen atoms in total. The number of hydrazone groups is 1. The molecule has 292 valence electrons. The second-order valence-electron chi connectivity index (χ2n) is 12.7. The van der Waals surface area contributed by atoms with Gasteiger partial charge in [-0.3, -0.25) is 0 Å². The van der Waals surface area contributed by atoms with Gasteiger partial charge in [-0.25, -0.2) is 19.2 Å². The van der Waals surface area contributed by atoms with Crippen molar-refractivity contribution in [1.29, 1.82) is 0 Å². The van der Waals surface area contributed by atoms with Gasteiger partial charge in [-0.05, 0) is 67.6 Å². The Kier molecular flexibility index (Phi) is 12.7. The summed E-state index contributed by atoms with van der Waals surface area (Å²) in [7, 11) is -4.29. The van der Waals surface area contributed by atoms with Crippen LogP contribution in [0.25, 0.3) is 0 Å². The molecular weight excluding hydrogens is 755 g/mol. The maximum absolute atomic E-state index is 13.8. The number of amidine groups is 1. The first-order valence-corrected chi connectivity index (χ1v) is 19.1. The van der Waals surface area contributed by atoms with Gasteiger partial charge < -0.3 is 29.4 Å². The predicted molar refractivity (Wildman–Crippen MR) is 205 cm³/mol. The van der Waals surface area contributed by atoms with Crippen molar-refractivity contribution in [3.05, 3.63) is 173 Å². The summed E-state index contributed by atoms with van der Waals surface area (Å²) in [5.41, 5.74) is 7.74. The second-order valence-corrected chi connectivity index (χ2v) is 14.4. The lowest BCUT2D eigenvalue weighted by atomic mass is 9.93. The zero-order valence-corrected chi connectivity index (χ0v) is 31.2. The topological polar surface area (TPSA) is 199 Å². The number of hydrogen-bond donors (Lipinski definition) is 2. The number of ether oxygens (including phenoxy) is 5. The van der Waals surface area contributed by atoms with Crippen molar-refractivity contribution in [3.8, 4) is 0 Å². The number of aryl methyl sites for hydroxylation is 1. The number of esters is 4. The molecule has 0 aliphatic carbocycles. The molecule has 1 saturated heterocycles. The molecule has 0 spiro atoms. The third kappa shape index (κ3) is 10.1. The average molecular weight is 792 g/mol. The van der Waals surface area contributed by atoms with Crippen molar-refractivity contribution in [1.82, 2.24) is 4.83 Å². The number of nitrogens with two attached hydrogens (primary N) is 1. The number of carbonyl (C=O) groups excluding carboxylic acids is 4. The summed E-state index contributed by atoms with van der Waals surface area (Å²) in [5.74, 6) is -4.08. The monoisotopic (exact) mass is 791 g/mol. The predicted octanol–water partition coefficient (Wildman–Crippen LogP) is 4.85. The zero-order chi connectivity index (χ0) is 40.4. The molecule has 5 aromatic rings. The fourth-order valence-corrected chi connectivity index (χ4v) is 6.58. The van der Waals surface area contributed by atoms with E-state index in [1.807, 2.05) is 0 Å². The van der Waals surface area contributed by atoms with Gasteiger partial charge in [0.05, 0.1) is 27.1 Å². The van der Waals surface area contributed by atoms with Gasteiger partial charge in [0.2, 0.25) is 0 Å². The van der Waals surface area contributed by atoms with Crippen molar-refractivity contribution in [2.24, 2.45) is 10.8 Å². The Labute approximate surface area is 328 Å². The Morgan fingerprint density at radius 3 is 1.46 bits per heavy atom. The molecule has 57 heavy (non-hydrogen) atoms. The molecular formula is C42H37N3O11S. The minimum Gasteiger partial charge on any atom is -0.459 e. The summed E-state index contributed by atoms with van der Waals surface area (Å²) in [6.07, 6.45) is -8.26. The van der Waals surface area contributed by atoms with E-state index in [1.165, 1.54) is 60.7 Å². The quantitative estimate of drug-likeness (QED) is 0.0542. The van der Waals surface area contributed by atoms with E-state index >= 15 is 0 Å². The number of hydrogen-bond acceptors (Lipinski definition) is 12. The van der Waals surface area contributed by atoms with E-state index < -0.39 is 76.9 Å². The zero-order valence-electron chi connectivity index (χ0n) is 30.4. The third-order valence-corrected chi connectivity index (χ3v) is 9.92. The first kappa shape index (κ1) is 39.8. The lowest BCUT2D eigenvalue weighted by molar-refractivity contribution is -0.212. The van der Waals surface area contributed by atoms with E-state index in [-0.39, 0.29) is 27.1 Å². The van der Waals surface area contributed by atoms with Crippen LogP contribution in [0.15, 0.2) is 156 Å². The van der Waals surface area contributed by atoms with Gasteiger partial charge in [0.25, 0.3) is 10.0 Å². The molecule has 5 aromatic carbocycles. The number of benzene rings is 5. The molecule has 6 rings (SSSR count). The SMILES string of the molecule is Cc1ccc(S(=O)(=O)N/N=C(\N)[C@@H]2O[C@H](COC(=O)c3ccccc3)[C@@H](OC(=O)c3ccccc3)[C@H](OC(=O)c3ccccc3)[C@H]2OC(=O)c2ccccc2)cc1. The lowest BCUT2D eigenvalue weighted by Gasteiger charge is -2.44. The lowest BCUT2D eigenvalue weighted by Crippen LogP contribution is -2.65. The Bertz CT molecular complexity index is 2310. The van der Waals surface area contributed by atoms with E-state index in [0.717, 1.165) is 5.56 Å². The van der Waals surface area contributed by atoms with Crippen LogP contribution in [-0.4, -0.2) is 75.3 Å². The summed E-state index contributed by atoms with van der Waals surface area (Å²) in [6, 6.07) is 37.5. The van der Waals surface area contributed by atoms with E-state index in [0.29, 0.717) is 0 Å². The highest BCUT2D eigenvalue weighted by atomic mass is 32.2. The number of nitrogens with one attached hydrogen (secondary N) is 1. The fourth-order valence-electron chi connectivity index (χ4n) is 5.75. The van der Waals surface area contributed by atoms with E-state index in [2.05, 4.69) is 9.93 Å². The minimum atomic E-state index is -4.29. The van der Waals surface area contributed by atoms with E-state index in [4.69, 9.17) is 29.4 Å². The molecule has 1 fully saturated rings. The highest BCUT2D eigenvalue weighted by molar-refractivity contribution is 7.89. The van der Waals surface area contributed by atoms with Crippen LogP contribution in [0.5, 0.6) is 0 Å². The van der Waals surface area contributed by atoms with Crippen molar-refractivity contribution in [3.63, 3.8) is 0 Å². The Morgan fingerprint density at radius 1 is 0.596 bits per heavy atom. The van der Waals surface area contributed by atoms with E-state index in [9.17, 15) is 27.6 Å². The van der Waals surface area contributed by atoms with Crippen molar-refractivity contribution >= 4 is 39.7 Å². The molecule has 0 radical (unpaired) electrons. The van der Waals surface area contributed by atoms with Crippen LogP contribution < -0.4 is 10.6 Å². The Hall–Kier alpha value is -6.84. The van der Waals surface area contributed by atoms with Crippen LogP contribution in [0.3, 0.4) is 0 Å². The number of rotatable bonds is 13. The van der Waals surface area contributed by atoms with Crippen LogP contribution in [0.4, 0.5) is 0 Å². The standard InChI is InChI=1S/C42H37N3O11S/c1-27-22-24-32(25-23-27)57(50,51)45-44-38(43)37-36(56-42(49)31-20-12-5-13-21-31)35(55-41(48)30-18-10-4-11-19-30)34(54-40(47)29-16-8-3-9-17-29)33(53-37)26-52-39(46)28-14-6-2-7-15-28/h2-25,33-37,45H,26H2,1H3,(H2,43,44)/t33-,34-,35+,36-,37-/m1/s1. The summed E-state index contributed by atoms with van der Waals surface area (Å²) in [6.45, 7) is 1.17. The van der Waals surface area contributed by atoms with Gasteiger partial charge in [-0.1, -0.05) is 90.5 Å². The van der Waals surface area contributed by atoms with Crippen LogP contribution in [-0.2, 0) is 33.7 Å². The first-order chi connectivity index (χ1) is 27.5. The largest absolute Gasteiger partial charge is 0.459 e. The van der Waals surface area contributed by atoms with Crippen LogP contribution in [0, 0.1) is 6.92 Å². The van der Waals surface area contributed by atoms with Crippen molar-refractivity contribution in [2.75, 3.05) is 6.61 Å². The smallest absolute Gasteiger partial charge is 0.338 e. The summed E-state index contributed by atoms with van der Waals surface area (Å²) in [4.78, 5) is 56.3. The summed E-state index contributed by atoms with van der Waals surface area (Å²) < 4.78 is 56.4. The highest BCUT2D eigenvalue weighted by Gasteiger charge is 2.54. The van der Waals surface area contributed by atoms with Crippen LogP contribution in [0.1, 0.15) is 47.0 Å². The normalized spacial score (nSPS) is 19.4. The van der Waals surface area contributed by atoms with Gasteiger partial charge >= 0.3 is 23.9 Å². The van der Waals surface area contributed by atoms with Gasteiger partial charge in [-0.2, -0.15) is 13.2 Å². The van der Waals surface area contributed by atoms with Crippen LogP contribution >= 0.6 is 0 Å². The molecule has 0 saturated carbocycles. The van der Waals surface area contributed by atoms with Crippen LogP contribution in [0.2, 0.25) is 0 Å².